The topological polar surface area (TPSA) is 88.1 Å². The van der Waals surface area contributed by atoms with Crippen molar-refractivity contribution in [2.24, 2.45) is 16.9 Å². The normalized spacial score (nSPS) is 23.8. The Morgan fingerprint density at radius 2 is 1.54 bits per heavy atom. The van der Waals surface area contributed by atoms with E-state index >= 15 is 0 Å². The second kappa shape index (κ2) is 9.27. The van der Waals surface area contributed by atoms with Gasteiger partial charge < -0.3 is 4.74 Å². The second-order valence-corrected chi connectivity index (χ2v) is 10.8. The molecule has 0 saturated carbocycles. The maximum atomic E-state index is 14.4. The molecule has 1 aliphatic heterocycles. The number of hydrogen-bond donors (Lipinski definition) is 1. The van der Waals surface area contributed by atoms with E-state index in [-0.39, 0.29) is 17.7 Å². The van der Waals surface area contributed by atoms with Gasteiger partial charge in [0.15, 0.2) is 0 Å². The molecule has 2 bridgehead atoms. The monoisotopic (exact) mass is 541 g/mol. The van der Waals surface area contributed by atoms with E-state index in [1.807, 2.05) is 79.7 Å². The minimum absolute atomic E-state index is 0.212. The molecule has 1 heterocycles. The van der Waals surface area contributed by atoms with Crippen LogP contribution in [0.25, 0.3) is 0 Å². The summed E-state index contributed by atoms with van der Waals surface area (Å²) in [7, 11) is 1.54. The molecule has 7 nitrogen and oxygen atoms in total. The molecule has 1 saturated heterocycles. The van der Waals surface area contributed by atoms with Gasteiger partial charge in [-0.2, -0.15) is 5.10 Å². The summed E-state index contributed by atoms with van der Waals surface area (Å²) in [6, 6.07) is 30.2. The van der Waals surface area contributed by atoms with Crippen molar-refractivity contribution in [2.45, 2.75) is 18.3 Å². The van der Waals surface area contributed by atoms with Crippen LogP contribution in [0.2, 0.25) is 0 Å². The summed E-state index contributed by atoms with van der Waals surface area (Å²) in [5.41, 5.74) is 7.46. The summed E-state index contributed by atoms with van der Waals surface area (Å²) in [6.07, 6.45) is 1.67. The van der Waals surface area contributed by atoms with Crippen LogP contribution in [0.1, 0.15) is 44.1 Å². The van der Waals surface area contributed by atoms with Crippen molar-refractivity contribution in [2.75, 3.05) is 12.0 Å². The maximum Gasteiger partial charge on any atom is 0.271 e. The molecule has 8 rings (SSSR count). The van der Waals surface area contributed by atoms with E-state index < -0.39 is 23.2 Å². The molecular formula is C34H27N3O4. The highest BCUT2D eigenvalue weighted by Gasteiger charge is 2.68. The number of carbonyl (C=O) groups is 3. The third kappa shape index (κ3) is 3.51. The number of aryl methyl sites for hydroxylation is 1. The number of hydrazone groups is 1. The number of benzene rings is 4. The lowest BCUT2D eigenvalue weighted by atomic mass is 9.47. The van der Waals surface area contributed by atoms with Gasteiger partial charge in [0.05, 0.1) is 30.0 Å². The summed E-state index contributed by atoms with van der Waals surface area (Å²) >= 11 is 0. The van der Waals surface area contributed by atoms with Crippen LogP contribution >= 0.6 is 0 Å². The van der Waals surface area contributed by atoms with Crippen LogP contribution in [0.3, 0.4) is 0 Å². The lowest BCUT2D eigenvalue weighted by molar-refractivity contribution is -0.122. The first-order chi connectivity index (χ1) is 20.0. The second-order valence-electron chi connectivity index (χ2n) is 10.8. The Balaban J connectivity index is 1.38. The molecule has 4 aliphatic rings. The molecule has 2 atom stereocenters. The first-order valence-electron chi connectivity index (χ1n) is 13.6. The zero-order valence-electron chi connectivity index (χ0n) is 22.6. The average Bonchev–Trinajstić information content (AvgIpc) is 3.28. The summed E-state index contributed by atoms with van der Waals surface area (Å²) in [6.45, 7) is 1.97. The Morgan fingerprint density at radius 1 is 0.878 bits per heavy atom. The zero-order valence-corrected chi connectivity index (χ0v) is 22.6. The SMILES string of the molecule is COc1cccc(C(=O)N/N=C/C23c4ccccc4C(c4ccccc42)[C@@H]2C(=O)N(c4ccc(C)cc4)C(=O)[C@H]23)c1. The fourth-order valence-corrected chi connectivity index (χ4v) is 7.02. The van der Waals surface area contributed by atoms with Crippen molar-refractivity contribution in [3.05, 3.63) is 130 Å². The molecule has 3 aliphatic carbocycles. The number of amides is 3. The summed E-state index contributed by atoms with van der Waals surface area (Å²) in [5, 5.41) is 4.47. The molecule has 0 radical (unpaired) electrons. The Morgan fingerprint density at radius 3 is 2.20 bits per heavy atom. The van der Waals surface area contributed by atoms with Gasteiger partial charge in [0.1, 0.15) is 5.75 Å². The quantitative estimate of drug-likeness (QED) is 0.220. The van der Waals surface area contributed by atoms with E-state index in [2.05, 4.69) is 10.5 Å². The molecule has 4 aromatic rings. The number of ether oxygens (including phenoxy) is 1. The van der Waals surface area contributed by atoms with E-state index in [0.717, 1.165) is 27.8 Å². The van der Waals surface area contributed by atoms with E-state index in [9.17, 15) is 14.4 Å². The van der Waals surface area contributed by atoms with Gasteiger partial charge in [-0.05, 0) is 59.5 Å². The highest BCUT2D eigenvalue weighted by atomic mass is 16.5. The highest BCUT2D eigenvalue weighted by Crippen LogP contribution is 2.63. The van der Waals surface area contributed by atoms with E-state index in [4.69, 9.17) is 4.74 Å². The van der Waals surface area contributed by atoms with Gasteiger partial charge in [-0.3, -0.25) is 14.4 Å². The molecule has 1 N–H and O–H groups in total. The van der Waals surface area contributed by atoms with Gasteiger partial charge in [0.25, 0.3) is 5.91 Å². The Kier molecular flexibility index (Phi) is 5.64. The third-order valence-corrected chi connectivity index (χ3v) is 8.74. The first-order valence-corrected chi connectivity index (χ1v) is 13.6. The summed E-state index contributed by atoms with van der Waals surface area (Å²) in [5.74, 6) is -1.91. The predicted molar refractivity (Wildman–Crippen MR) is 155 cm³/mol. The molecule has 0 aromatic heterocycles. The van der Waals surface area contributed by atoms with Gasteiger partial charge in [0, 0.05) is 17.7 Å². The fraction of sp³-hybridized carbons (Fsp3) is 0.176. The van der Waals surface area contributed by atoms with Crippen molar-refractivity contribution in [1.29, 1.82) is 0 Å². The summed E-state index contributed by atoms with van der Waals surface area (Å²) in [4.78, 5) is 43.0. The van der Waals surface area contributed by atoms with Crippen molar-refractivity contribution in [3.63, 3.8) is 0 Å². The molecule has 202 valence electrons. The Bertz CT molecular complexity index is 1710. The zero-order chi connectivity index (χ0) is 28.3. The molecular weight excluding hydrogens is 514 g/mol. The predicted octanol–water partition coefficient (Wildman–Crippen LogP) is 4.97. The van der Waals surface area contributed by atoms with Crippen LogP contribution in [0.5, 0.6) is 5.75 Å². The van der Waals surface area contributed by atoms with Crippen molar-refractivity contribution in [3.8, 4) is 5.75 Å². The van der Waals surface area contributed by atoms with Crippen LogP contribution in [0.15, 0.2) is 102 Å². The fourth-order valence-electron chi connectivity index (χ4n) is 7.02. The minimum atomic E-state index is -1.06. The van der Waals surface area contributed by atoms with E-state index in [1.54, 1.807) is 37.6 Å². The Labute approximate surface area is 237 Å². The Hall–Kier alpha value is -5.04. The van der Waals surface area contributed by atoms with Gasteiger partial charge in [0.2, 0.25) is 11.8 Å². The third-order valence-electron chi connectivity index (χ3n) is 8.74. The number of nitrogens with one attached hydrogen (secondary N) is 1. The summed E-state index contributed by atoms with van der Waals surface area (Å²) < 4.78 is 5.25. The van der Waals surface area contributed by atoms with Crippen molar-refractivity contribution < 1.29 is 19.1 Å². The number of imide groups is 1. The van der Waals surface area contributed by atoms with Crippen LogP contribution in [-0.2, 0) is 15.0 Å². The van der Waals surface area contributed by atoms with Crippen LogP contribution in [-0.4, -0.2) is 31.0 Å². The lowest BCUT2D eigenvalue weighted by Crippen LogP contribution is -2.54. The smallest absolute Gasteiger partial charge is 0.271 e. The van der Waals surface area contributed by atoms with E-state index in [0.29, 0.717) is 17.0 Å². The van der Waals surface area contributed by atoms with Crippen LogP contribution in [0.4, 0.5) is 5.69 Å². The number of anilines is 1. The number of hydrogen-bond acceptors (Lipinski definition) is 5. The lowest BCUT2D eigenvalue weighted by Gasteiger charge is -2.52. The number of methoxy groups -OCH3 is 1. The standard InChI is InChI=1S/C34H27N3O4/c1-20-14-16-22(17-15-20)37-32(39)29-28-24-10-3-5-12-26(24)34(30(29)33(37)40,27-13-6-4-11-25(27)28)19-35-36-31(38)21-8-7-9-23(18-21)41-2/h3-19,28-30H,1-2H3,(H,36,38)/b35-19+/t28?,29-,30-,34?/m0/s1. The maximum absolute atomic E-state index is 14.4. The number of nitrogens with zero attached hydrogens (tertiary/aromatic N) is 2. The number of carbonyl (C=O) groups excluding carboxylic acids is 3. The molecule has 41 heavy (non-hydrogen) atoms. The highest BCUT2D eigenvalue weighted by molar-refractivity contribution is 6.25. The molecule has 0 spiro atoms. The van der Waals surface area contributed by atoms with E-state index in [1.165, 1.54) is 4.90 Å². The van der Waals surface area contributed by atoms with Gasteiger partial charge in [-0.15, -0.1) is 0 Å². The van der Waals surface area contributed by atoms with Gasteiger partial charge in [-0.25, -0.2) is 10.3 Å². The number of rotatable bonds is 5. The minimum Gasteiger partial charge on any atom is -0.497 e. The van der Waals surface area contributed by atoms with Crippen LogP contribution < -0.4 is 15.1 Å². The van der Waals surface area contributed by atoms with Gasteiger partial charge in [-0.1, -0.05) is 72.3 Å². The van der Waals surface area contributed by atoms with Crippen molar-refractivity contribution >= 4 is 29.6 Å². The van der Waals surface area contributed by atoms with Crippen molar-refractivity contribution in [1.82, 2.24) is 5.43 Å². The largest absolute Gasteiger partial charge is 0.497 e. The molecule has 3 amide bonds. The van der Waals surface area contributed by atoms with Crippen LogP contribution in [0, 0.1) is 18.8 Å². The molecule has 1 fully saturated rings. The molecule has 4 aromatic carbocycles. The average molecular weight is 542 g/mol. The molecule has 7 heteroatoms. The van der Waals surface area contributed by atoms with Gasteiger partial charge >= 0.3 is 0 Å². The molecule has 0 unspecified atom stereocenters. The first kappa shape index (κ1) is 25.0.